The van der Waals surface area contributed by atoms with E-state index in [1.54, 1.807) is 33.0 Å². The van der Waals surface area contributed by atoms with E-state index in [2.05, 4.69) is 5.32 Å². The summed E-state index contributed by atoms with van der Waals surface area (Å²) < 4.78 is 6.88. The first-order valence-corrected chi connectivity index (χ1v) is 8.22. The van der Waals surface area contributed by atoms with Crippen LogP contribution < -0.4 is 10.9 Å². The maximum atomic E-state index is 12.5. The maximum Gasteiger partial charge on any atom is 0.410 e. The Morgan fingerprint density at radius 3 is 2.67 bits per heavy atom. The number of anilines is 1. The van der Waals surface area contributed by atoms with Gasteiger partial charge in [-0.3, -0.25) is 14.5 Å². The third-order valence-electron chi connectivity index (χ3n) is 3.78. The van der Waals surface area contributed by atoms with Crippen molar-refractivity contribution in [2.75, 3.05) is 11.9 Å². The molecule has 1 fully saturated rings. The third-order valence-corrected chi connectivity index (χ3v) is 3.78. The first-order chi connectivity index (χ1) is 11.2. The molecule has 1 aliphatic rings. The summed E-state index contributed by atoms with van der Waals surface area (Å²) >= 11 is 0. The Hall–Kier alpha value is -2.31. The highest BCUT2D eigenvalue weighted by Crippen LogP contribution is 2.22. The number of nitrogens with zero attached hydrogens (tertiary/aromatic N) is 2. The summed E-state index contributed by atoms with van der Waals surface area (Å²) in [6.45, 7) is 8.27. The van der Waals surface area contributed by atoms with Crippen LogP contribution in [0.5, 0.6) is 0 Å². The van der Waals surface area contributed by atoms with Crippen LogP contribution in [0.25, 0.3) is 0 Å². The van der Waals surface area contributed by atoms with E-state index < -0.39 is 17.7 Å². The Bertz CT molecular complexity index is 675. The van der Waals surface area contributed by atoms with E-state index in [-0.39, 0.29) is 11.5 Å². The van der Waals surface area contributed by atoms with Crippen molar-refractivity contribution in [2.24, 2.45) is 0 Å². The highest BCUT2D eigenvalue weighted by Gasteiger charge is 2.36. The molecule has 1 saturated heterocycles. The normalized spacial score (nSPS) is 17.7. The van der Waals surface area contributed by atoms with Crippen LogP contribution in [0.2, 0.25) is 0 Å². The first-order valence-electron chi connectivity index (χ1n) is 8.22. The van der Waals surface area contributed by atoms with Gasteiger partial charge in [-0.15, -0.1) is 0 Å². The van der Waals surface area contributed by atoms with E-state index in [1.807, 2.05) is 6.92 Å². The molecular formula is C17H25N3O4. The lowest BCUT2D eigenvalue weighted by molar-refractivity contribution is -0.120. The van der Waals surface area contributed by atoms with Crippen molar-refractivity contribution in [1.29, 1.82) is 0 Å². The van der Waals surface area contributed by atoms with Crippen molar-refractivity contribution in [3.63, 3.8) is 0 Å². The van der Waals surface area contributed by atoms with Crippen LogP contribution >= 0.6 is 0 Å². The average molecular weight is 335 g/mol. The Morgan fingerprint density at radius 2 is 2.04 bits per heavy atom. The number of rotatable bonds is 3. The second-order valence-electron chi connectivity index (χ2n) is 6.86. The monoisotopic (exact) mass is 335 g/mol. The smallest absolute Gasteiger partial charge is 0.410 e. The first kappa shape index (κ1) is 18.0. The van der Waals surface area contributed by atoms with Gasteiger partial charge in [-0.1, -0.05) is 0 Å². The van der Waals surface area contributed by atoms with Crippen LogP contribution in [-0.2, 0) is 16.1 Å². The van der Waals surface area contributed by atoms with Gasteiger partial charge in [0.25, 0.3) is 5.56 Å². The summed E-state index contributed by atoms with van der Waals surface area (Å²) in [4.78, 5) is 37.9. The Balaban J connectivity index is 2.08. The molecule has 0 spiro atoms. The van der Waals surface area contributed by atoms with Crippen LogP contribution in [0.3, 0.4) is 0 Å². The fraction of sp³-hybridized carbons (Fsp3) is 0.588. The molecule has 1 N–H and O–H groups in total. The third kappa shape index (κ3) is 4.37. The van der Waals surface area contributed by atoms with Gasteiger partial charge in [-0.25, -0.2) is 4.79 Å². The van der Waals surface area contributed by atoms with Gasteiger partial charge in [-0.05, 0) is 46.6 Å². The van der Waals surface area contributed by atoms with E-state index >= 15 is 0 Å². The van der Waals surface area contributed by atoms with Gasteiger partial charge in [0.15, 0.2) is 0 Å². The van der Waals surface area contributed by atoms with Crippen LogP contribution in [0, 0.1) is 0 Å². The molecular weight excluding hydrogens is 310 g/mol. The fourth-order valence-electron chi connectivity index (χ4n) is 2.66. The van der Waals surface area contributed by atoms with E-state index in [4.69, 9.17) is 4.74 Å². The van der Waals surface area contributed by atoms with E-state index in [1.165, 1.54) is 15.5 Å². The number of likely N-dealkylation sites (tertiary alicyclic amines) is 1. The molecule has 2 amide bonds. The maximum absolute atomic E-state index is 12.5. The summed E-state index contributed by atoms with van der Waals surface area (Å²) in [5, 5.41) is 2.79. The number of aromatic nitrogens is 1. The summed E-state index contributed by atoms with van der Waals surface area (Å²) in [5.74, 6) is -0.264. The van der Waals surface area contributed by atoms with Crippen LogP contribution in [0.15, 0.2) is 23.1 Å². The minimum atomic E-state index is -0.600. The van der Waals surface area contributed by atoms with Gasteiger partial charge in [-0.2, -0.15) is 0 Å². The molecule has 7 heteroatoms. The van der Waals surface area contributed by atoms with E-state index in [0.717, 1.165) is 6.42 Å². The van der Waals surface area contributed by atoms with Crippen LogP contribution in [0.4, 0.5) is 10.5 Å². The number of pyridine rings is 1. The molecule has 1 aromatic rings. The lowest BCUT2D eigenvalue weighted by Gasteiger charge is -2.28. The van der Waals surface area contributed by atoms with Crippen molar-refractivity contribution in [3.8, 4) is 0 Å². The zero-order valence-corrected chi connectivity index (χ0v) is 14.7. The number of ether oxygens (including phenoxy) is 1. The number of amides is 2. The largest absolute Gasteiger partial charge is 0.444 e. The quantitative estimate of drug-likeness (QED) is 0.918. The van der Waals surface area contributed by atoms with Gasteiger partial charge in [0.05, 0.1) is 5.69 Å². The topological polar surface area (TPSA) is 80.6 Å². The van der Waals surface area contributed by atoms with Crippen LogP contribution in [0.1, 0.15) is 40.5 Å². The Kier molecular flexibility index (Phi) is 5.31. The van der Waals surface area contributed by atoms with Crippen molar-refractivity contribution in [3.05, 3.63) is 28.7 Å². The van der Waals surface area contributed by atoms with Gasteiger partial charge >= 0.3 is 6.09 Å². The summed E-state index contributed by atoms with van der Waals surface area (Å²) in [7, 11) is 0. The van der Waals surface area contributed by atoms with Crippen molar-refractivity contribution in [1.82, 2.24) is 9.47 Å². The minimum Gasteiger partial charge on any atom is -0.444 e. The van der Waals surface area contributed by atoms with E-state index in [9.17, 15) is 14.4 Å². The highest BCUT2D eigenvalue weighted by atomic mass is 16.6. The lowest BCUT2D eigenvalue weighted by atomic mass is 10.2. The van der Waals surface area contributed by atoms with Crippen molar-refractivity contribution in [2.45, 2.75) is 58.7 Å². The zero-order valence-electron chi connectivity index (χ0n) is 14.7. The molecule has 1 unspecified atom stereocenters. The van der Waals surface area contributed by atoms with Gasteiger partial charge < -0.3 is 14.6 Å². The number of nitrogens with one attached hydrogen (secondary N) is 1. The molecule has 0 aromatic carbocycles. The molecule has 1 atom stereocenters. The second-order valence-corrected chi connectivity index (χ2v) is 6.86. The average Bonchev–Trinajstić information content (AvgIpc) is 2.97. The molecule has 0 radical (unpaired) electrons. The predicted octanol–water partition coefficient (Wildman–Crippen LogP) is 2.21. The zero-order chi connectivity index (χ0) is 17.9. The molecule has 24 heavy (non-hydrogen) atoms. The summed E-state index contributed by atoms with van der Waals surface area (Å²) in [6, 6.07) is 2.43. The molecule has 0 bridgehead atoms. The molecule has 1 aromatic heterocycles. The van der Waals surface area contributed by atoms with Gasteiger partial charge in [0, 0.05) is 25.4 Å². The predicted molar refractivity (Wildman–Crippen MR) is 91.0 cm³/mol. The second kappa shape index (κ2) is 7.07. The van der Waals surface area contributed by atoms with E-state index in [0.29, 0.717) is 25.2 Å². The van der Waals surface area contributed by atoms with Gasteiger partial charge in [0.1, 0.15) is 11.6 Å². The van der Waals surface area contributed by atoms with Crippen LogP contribution in [-0.4, -0.2) is 39.7 Å². The molecule has 0 saturated carbocycles. The number of carbonyl (C=O) groups is 2. The highest BCUT2D eigenvalue weighted by molar-refractivity contribution is 5.96. The molecule has 2 heterocycles. The molecule has 0 aliphatic carbocycles. The summed E-state index contributed by atoms with van der Waals surface area (Å²) in [6.07, 6.45) is 2.48. The standard InChI is InChI=1S/C17H25N3O4/c1-5-19-11-12(8-9-14(19)21)18-15(22)13-7-6-10-20(13)16(23)24-17(2,3)4/h8-9,11,13H,5-7,10H2,1-4H3,(H,18,22). The summed E-state index contributed by atoms with van der Waals surface area (Å²) in [5.41, 5.74) is -0.179. The van der Waals surface area contributed by atoms with Gasteiger partial charge in [0.2, 0.25) is 5.91 Å². The number of hydrogen-bond acceptors (Lipinski definition) is 4. The Morgan fingerprint density at radius 1 is 1.33 bits per heavy atom. The molecule has 1 aliphatic heterocycles. The SMILES string of the molecule is CCn1cc(NC(=O)C2CCCN2C(=O)OC(C)(C)C)ccc1=O. The van der Waals surface area contributed by atoms with Crippen molar-refractivity contribution < 1.29 is 14.3 Å². The molecule has 7 nitrogen and oxygen atoms in total. The molecule has 2 rings (SSSR count). The lowest BCUT2D eigenvalue weighted by Crippen LogP contribution is -2.45. The minimum absolute atomic E-state index is 0.119. The van der Waals surface area contributed by atoms with Crippen molar-refractivity contribution >= 4 is 17.7 Å². The Labute approximate surface area is 141 Å². The number of hydrogen-bond donors (Lipinski definition) is 1. The number of aryl methyl sites for hydroxylation is 1. The number of carbonyl (C=O) groups excluding carboxylic acids is 2. The fourth-order valence-corrected chi connectivity index (χ4v) is 2.66. The molecule has 132 valence electrons.